The third-order valence-electron chi connectivity index (χ3n) is 4.93. The summed E-state index contributed by atoms with van der Waals surface area (Å²) in [4.78, 5) is 0. The molecule has 1 N–H and O–H groups in total. The van der Waals surface area contributed by atoms with E-state index < -0.39 is 10.0 Å². The van der Waals surface area contributed by atoms with Crippen molar-refractivity contribution < 1.29 is 8.42 Å². The van der Waals surface area contributed by atoms with Crippen molar-refractivity contribution in [2.24, 2.45) is 17.8 Å². The minimum absolute atomic E-state index is 0.298. The Morgan fingerprint density at radius 2 is 2.00 bits per heavy atom. The fourth-order valence-electron chi connectivity index (χ4n) is 3.79. The summed E-state index contributed by atoms with van der Waals surface area (Å²) < 4.78 is 26.0. The highest BCUT2D eigenvalue weighted by molar-refractivity contribution is 7.89. The van der Waals surface area contributed by atoms with E-state index in [4.69, 9.17) is 0 Å². The first-order chi connectivity index (χ1) is 9.03. The molecule has 3 unspecified atom stereocenters. The molecule has 2 saturated carbocycles. The molecule has 2 aliphatic carbocycles. The summed E-state index contributed by atoms with van der Waals surface area (Å²) in [6, 6.07) is 0. The predicted octanol–water partition coefficient (Wildman–Crippen LogP) is 1.68. The van der Waals surface area contributed by atoms with Crippen LogP contribution in [0.1, 0.15) is 38.5 Å². The van der Waals surface area contributed by atoms with Crippen molar-refractivity contribution in [1.82, 2.24) is 9.62 Å². The van der Waals surface area contributed by atoms with Crippen LogP contribution in [0, 0.1) is 17.8 Å². The second-order valence-corrected chi connectivity index (χ2v) is 8.54. The van der Waals surface area contributed by atoms with E-state index in [0.717, 1.165) is 37.8 Å². The van der Waals surface area contributed by atoms with Crippen LogP contribution in [0.25, 0.3) is 0 Å². The molecule has 112 valence electrons. The lowest BCUT2D eigenvalue weighted by Gasteiger charge is -2.26. The monoisotopic (exact) mass is 288 g/mol. The summed E-state index contributed by atoms with van der Waals surface area (Å²) in [5.41, 5.74) is 0. The summed E-state index contributed by atoms with van der Waals surface area (Å²) in [5, 5.41) is 3.05. The van der Waals surface area contributed by atoms with Gasteiger partial charge in [0, 0.05) is 13.6 Å². The fraction of sp³-hybridized carbons (Fsp3) is 1.00. The largest absolute Gasteiger partial charge is 0.320 e. The molecule has 0 aromatic carbocycles. The summed E-state index contributed by atoms with van der Waals surface area (Å²) in [7, 11) is 0.622. The minimum Gasteiger partial charge on any atom is -0.320 e. The van der Waals surface area contributed by atoms with E-state index in [1.165, 1.54) is 25.7 Å². The molecular weight excluding hydrogens is 260 g/mol. The Kier molecular flexibility index (Phi) is 5.26. The van der Waals surface area contributed by atoms with Crippen LogP contribution in [0.4, 0.5) is 0 Å². The Hall–Kier alpha value is -0.130. The lowest BCUT2D eigenvalue weighted by molar-refractivity contribution is 0.280. The maximum Gasteiger partial charge on any atom is 0.213 e. The zero-order valence-electron chi connectivity index (χ0n) is 12.3. The average Bonchev–Trinajstić information content (AvgIpc) is 2.96. The Morgan fingerprint density at radius 1 is 1.21 bits per heavy atom. The first-order valence-corrected chi connectivity index (χ1v) is 9.22. The van der Waals surface area contributed by atoms with Crippen LogP contribution >= 0.6 is 0 Å². The van der Waals surface area contributed by atoms with Crippen molar-refractivity contribution in [2.45, 2.75) is 38.5 Å². The Labute approximate surface area is 118 Å². The molecule has 2 rings (SSSR count). The molecule has 0 saturated heterocycles. The zero-order chi connectivity index (χ0) is 13.9. The van der Waals surface area contributed by atoms with Gasteiger partial charge in [-0.1, -0.05) is 6.42 Å². The SMILES string of the molecule is CNCCCCS(=O)(=O)N(C)CC1CC2CCC1C2. The van der Waals surface area contributed by atoms with Gasteiger partial charge in [0.25, 0.3) is 0 Å². The van der Waals surface area contributed by atoms with Gasteiger partial charge in [0.2, 0.25) is 10.0 Å². The van der Waals surface area contributed by atoms with Gasteiger partial charge in [0.15, 0.2) is 0 Å². The molecular formula is C14H28N2O2S. The summed E-state index contributed by atoms with van der Waals surface area (Å²) in [5.74, 6) is 2.61. The molecule has 0 aromatic heterocycles. The molecule has 0 radical (unpaired) electrons. The maximum absolute atomic E-state index is 12.2. The molecule has 0 aliphatic heterocycles. The highest BCUT2D eigenvalue weighted by Gasteiger charge is 2.40. The van der Waals surface area contributed by atoms with Crippen molar-refractivity contribution in [1.29, 1.82) is 0 Å². The Morgan fingerprint density at radius 3 is 2.58 bits per heavy atom. The van der Waals surface area contributed by atoms with Gasteiger partial charge in [-0.3, -0.25) is 0 Å². The third kappa shape index (κ3) is 3.92. The van der Waals surface area contributed by atoms with Gasteiger partial charge >= 0.3 is 0 Å². The second kappa shape index (κ2) is 6.55. The van der Waals surface area contributed by atoms with Gasteiger partial charge in [0.05, 0.1) is 5.75 Å². The standard InChI is InChI=1S/C14H28N2O2S/c1-15-7-3-4-8-19(17,18)16(2)11-14-10-12-5-6-13(14)9-12/h12-15H,3-11H2,1-2H3. The molecule has 0 heterocycles. The van der Waals surface area contributed by atoms with E-state index in [9.17, 15) is 8.42 Å². The number of nitrogens with one attached hydrogen (secondary N) is 1. The first kappa shape index (κ1) is 15.3. The Balaban J connectivity index is 1.76. The Bertz CT molecular complexity index is 383. The van der Waals surface area contributed by atoms with E-state index in [1.54, 1.807) is 11.4 Å². The van der Waals surface area contributed by atoms with Crippen LogP contribution in [0.3, 0.4) is 0 Å². The van der Waals surface area contributed by atoms with Crippen molar-refractivity contribution >= 4 is 10.0 Å². The average molecular weight is 288 g/mol. The minimum atomic E-state index is -3.04. The molecule has 3 atom stereocenters. The molecule has 2 bridgehead atoms. The van der Waals surface area contributed by atoms with Crippen LogP contribution in [0.15, 0.2) is 0 Å². The van der Waals surface area contributed by atoms with Crippen LogP contribution < -0.4 is 5.32 Å². The number of hydrogen-bond acceptors (Lipinski definition) is 3. The van der Waals surface area contributed by atoms with E-state index in [2.05, 4.69) is 5.32 Å². The lowest BCUT2D eigenvalue weighted by atomic mass is 9.89. The molecule has 4 nitrogen and oxygen atoms in total. The van der Waals surface area contributed by atoms with Crippen LogP contribution in [-0.4, -0.2) is 45.7 Å². The molecule has 0 aromatic rings. The number of rotatable bonds is 8. The van der Waals surface area contributed by atoms with E-state index >= 15 is 0 Å². The van der Waals surface area contributed by atoms with Crippen molar-refractivity contribution in [3.63, 3.8) is 0 Å². The topological polar surface area (TPSA) is 49.4 Å². The zero-order valence-corrected chi connectivity index (χ0v) is 13.1. The predicted molar refractivity (Wildman–Crippen MR) is 78.5 cm³/mol. The smallest absolute Gasteiger partial charge is 0.213 e. The van der Waals surface area contributed by atoms with Gasteiger partial charge in [-0.15, -0.1) is 0 Å². The highest BCUT2D eigenvalue weighted by Crippen LogP contribution is 2.48. The number of unbranched alkanes of at least 4 members (excludes halogenated alkanes) is 1. The van der Waals surface area contributed by atoms with Gasteiger partial charge < -0.3 is 5.32 Å². The van der Waals surface area contributed by atoms with Crippen LogP contribution in [0.5, 0.6) is 0 Å². The number of nitrogens with zero attached hydrogens (tertiary/aromatic N) is 1. The summed E-state index contributed by atoms with van der Waals surface area (Å²) >= 11 is 0. The van der Waals surface area contributed by atoms with E-state index in [1.807, 2.05) is 7.05 Å². The highest BCUT2D eigenvalue weighted by atomic mass is 32.2. The molecule has 0 spiro atoms. The maximum atomic E-state index is 12.2. The molecule has 2 aliphatic rings. The summed E-state index contributed by atoms with van der Waals surface area (Å²) in [6.07, 6.45) is 6.99. The van der Waals surface area contributed by atoms with Gasteiger partial charge in [0.1, 0.15) is 0 Å². The van der Waals surface area contributed by atoms with Crippen molar-refractivity contribution in [3.05, 3.63) is 0 Å². The lowest BCUT2D eigenvalue weighted by Crippen LogP contribution is -2.35. The number of sulfonamides is 1. The molecule has 2 fully saturated rings. The van der Waals surface area contributed by atoms with Crippen LogP contribution in [-0.2, 0) is 10.0 Å². The molecule has 0 amide bonds. The number of hydrogen-bond donors (Lipinski definition) is 1. The van der Waals surface area contributed by atoms with Crippen molar-refractivity contribution in [3.8, 4) is 0 Å². The van der Waals surface area contributed by atoms with Crippen molar-refractivity contribution in [2.75, 3.05) is 32.9 Å². The van der Waals surface area contributed by atoms with E-state index in [-0.39, 0.29) is 0 Å². The van der Waals surface area contributed by atoms with Gasteiger partial charge in [-0.05, 0) is 63.5 Å². The second-order valence-electron chi connectivity index (χ2n) is 6.34. The quantitative estimate of drug-likeness (QED) is 0.691. The fourth-order valence-corrected chi connectivity index (χ4v) is 5.09. The normalized spacial score (nSPS) is 30.4. The first-order valence-electron chi connectivity index (χ1n) is 7.61. The molecule has 5 heteroatoms. The number of fused-ring (bicyclic) bond motifs is 2. The molecule has 19 heavy (non-hydrogen) atoms. The van der Waals surface area contributed by atoms with E-state index in [0.29, 0.717) is 11.7 Å². The third-order valence-corrected chi connectivity index (χ3v) is 6.83. The van der Waals surface area contributed by atoms with Gasteiger partial charge in [-0.2, -0.15) is 0 Å². The van der Waals surface area contributed by atoms with Gasteiger partial charge in [-0.25, -0.2) is 12.7 Å². The van der Waals surface area contributed by atoms with Crippen LogP contribution in [0.2, 0.25) is 0 Å². The summed E-state index contributed by atoms with van der Waals surface area (Å²) in [6.45, 7) is 1.64.